The second kappa shape index (κ2) is 5.20. The van der Waals surface area contributed by atoms with Crippen molar-refractivity contribution in [2.24, 2.45) is 0 Å². The van der Waals surface area contributed by atoms with E-state index in [9.17, 15) is 4.79 Å². The van der Waals surface area contributed by atoms with Gasteiger partial charge in [-0.25, -0.2) is 9.78 Å². The van der Waals surface area contributed by atoms with Gasteiger partial charge in [0.2, 0.25) is 0 Å². The predicted octanol–water partition coefficient (Wildman–Crippen LogP) is 2.24. The zero-order valence-electron chi connectivity index (χ0n) is 12.3. The topological polar surface area (TPSA) is 47.4 Å². The molecule has 0 aliphatic carbocycles. The quantitative estimate of drug-likeness (QED) is 0.738. The van der Waals surface area contributed by atoms with Crippen molar-refractivity contribution < 1.29 is 9.53 Å². The van der Waals surface area contributed by atoms with Crippen molar-refractivity contribution in [3.8, 4) is 12.3 Å². The molecular formula is C15H21N3O2. The maximum Gasteiger partial charge on any atom is 0.410 e. The molecule has 0 aromatic carbocycles. The summed E-state index contributed by atoms with van der Waals surface area (Å²) in [5.74, 6) is 2.87. The molecule has 1 saturated heterocycles. The first-order chi connectivity index (χ1) is 9.36. The van der Waals surface area contributed by atoms with Gasteiger partial charge in [0.15, 0.2) is 0 Å². The van der Waals surface area contributed by atoms with Gasteiger partial charge in [-0.05, 0) is 20.8 Å². The summed E-state index contributed by atoms with van der Waals surface area (Å²) < 4.78 is 7.34. The van der Waals surface area contributed by atoms with Crippen LogP contribution < -0.4 is 0 Å². The van der Waals surface area contributed by atoms with E-state index in [0.29, 0.717) is 25.9 Å². The van der Waals surface area contributed by atoms with Crippen LogP contribution >= 0.6 is 0 Å². The number of hydrogen-bond acceptors (Lipinski definition) is 3. The van der Waals surface area contributed by atoms with E-state index in [-0.39, 0.29) is 11.6 Å². The number of nitrogens with zero attached hydrogens (tertiary/aromatic N) is 3. The first-order valence-electron chi connectivity index (χ1n) is 6.80. The summed E-state index contributed by atoms with van der Waals surface area (Å²) in [4.78, 5) is 17.8. The fraction of sp³-hybridized carbons (Fsp3) is 0.600. The number of carbonyl (C=O) groups excluding carboxylic acids is 1. The Morgan fingerprint density at radius 3 is 2.50 bits per heavy atom. The second-order valence-corrected chi connectivity index (χ2v) is 6.11. The highest BCUT2D eigenvalue weighted by Crippen LogP contribution is 2.30. The number of rotatable bonds is 1. The maximum absolute atomic E-state index is 12.0. The summed E-state index contributed by atoms with van der Waals surface area (Å²) in [6.45, 7) is 6.79. The Labute approximate surface area is 119 Å². The molecule has 1 aromatic heterocycles. The molecule has 5 heteroatoms. The van der Waals surface area contributed by atoms with E-state index in [1.165, 1.54) is 0 Å². The smallest absolute Gasteiger partial charge is 0.410 e. The molecule has 0 spiro atoms. The van der Waals surface area contributed by atoms with Crippen molar-refractivity contribution >= 4 is 6.09 Å². The monoisotopic (exact) mass is 275 g/mol. The summed E-state index contributed by atoms with van der Waals surface area (Å²) in [7, 11) is 0. The lowest BCUT2D eigenvalue weighted by Gasteiger charge is -2.39. The summed E-state index contributed by atoms with van der Waals surface area (Å²) in [6, 6.07) is 0. The van der Waals surface area contributed by atoms with Gasteiger partial charge in [0, 0.05) is 38.3 Å². The SMILES string of the molecule is C#CC1(n2ccnc2)CCN(C(=O)OC(C)(C)C)CC1. The third-order valence-corrected chi connectivity index (χ3v) is 3.51. The minimum absolute atomic E-state index is 0.270. The van der Waals surface area contributed by atoms with E-state index >= 15 is 0 Å². The van der Waals surface area contributed by atoms with Gasteiger partial charge in [-0.15, -0.1) is 6.42 Å². The first-order valence-corrected chi connectivity index (χ1v) is 6.80. The minimum atomic E-state index is -0.470. The van der Waals surface area contributed by atoms with Gasteiger partial charge >= 0.3 is 6.09 Å². The second-order valence-electron chi connectivity index (χ2n) is 6.11. The summed E-state index contributed by atoms with van der Waals surface area (Å²) in [6.07, 6.45) is 12.2. The average Bonchev–Trinajstić information content (AvgIpc) is 2.91. The summed E-state index contributed by atoms with van der Waals surface area (Å²) in [5, 5.41) is 0. The highest BCUT2D eigenvalue weighted by Gasteiger charge is 2.36. The molecule has 2 rings (SSSR count). The van der Waals surface area contributed by atoms with E-state index in [0.717, 1.165) is 0 Å². The van der Waals surface area contributed by atoms with Crippen LogP contribution in [-0.4, -0.2) is 39.2 Å². The average molecular weight is 275 g/mol. The third-order valence-electron chi connectivity index (χ3n) is 3.51. The first kappa shape index (κ1) is 14.4. The van der Waals surface area contributed by atoms with Gasteiger partial charge in [0.05, 0.1) is 6.33 Å². The van der Waals surface area contributed by atoms with Crippen molar-refractivity contribution in [2.75, 3.05) is 13.1 Å². The number of ether oxygens (including phenoxy) is 1. The van der Waals surface area contributed by atoms with Crippen molar-refractivity contribution in [2.45, 2.75) is 44.8 Å². The van der Waals surface area contributed by atoms with Gasteiger partial charge < -0.3 is 14.2 Å². The van der Waals surface area contributed by atoms with Crippen LogP contribution in [0.4, 0.5) is 4.79 Å². The Morgan fingerprint density at radius 1 is 1.40 bits per heavy atom. The lowest BCUT2D eigenvalue weighted by atomic mass is 9.88. The number of aromatic nitrogens is 2. The van der Waals surface area contributed by atoms with Crippen molar-refractivity contribution in [1.82, 2.24) is 14.5 Å². The molecule has 108 valence electrons. The molecule has 1 fully saturated rings. The largest absolute Gasteiger partial charge is 0.444 e. The molecule has 0 atom stereocenters. The van der Waals surface area contributed by atoms with Crippen LogP contribution in [0.1, 0.15) is 33.6 Å². The lowest BCUT2D eigenvalue weighted by molar-refractivity contribution is 0.0157. The summed E-state index contributed by atoms with van der Waals surface area (Å²) in [5.41, 5.74) is -0.850. The third kappa shape index (κ3) is 2.96. The van der Waals surface area contributed by atoms with E-state index in [1.54, 1.807) is 17.4 Å². The zero-order chi connectivity index (χ0) is 14.8. The van der Waals surface area contributed by atoms with Gasteiger partial charge in [-0.3, -0.25) is 0 Å². The molecule has 0 unspecified atom stereocenters. The normalized spacial score (nSPS) is 18.4. The van der Waals surface area contributed by atoms with Crippen molar-refractivity contribution in [3.63, 3.8) is 0 Å². The molecular weight excluding hydrogens is 254 g/mol. The number of amides is 1. The van der Waals surface area contributed by atoms with E-state index in [4.69, 9.17) is 11.2 Å². The molecule has 20 heavy (non-hydrogen) atoms. The molecule has 0 N–H and O–H groups in total. The maximum atomic E-state index is 12.0. The minimum Gasteiger partial charge on any atom is -0.444 e. The van der Waals surface area contributed by atoms with Crippen LogP contribution in [0.25, 0.3) is 0 Å². The zero-order valence-corrected chi connectivity index (χ0v) is 12.3. The number of terminal acetylenes is 1. The Balaban J connectivity index is 2.02. The molecule has 1 aliphatic heterocycles. The van der Waals surface area contributed by atoms with Crippen molar-refractivity contribution in [1.29, 1.82) is 0 Å². The van der Waals surface area contributed by atoms with Crippen LogP contribution in [0.5, 0.6) is 0 Å². The Kier molecular flexibility index (Phi) is 3.76. The van der Waals surface area contributed by atoms with Gasteiger partial charge in [0.1, 0.15) is 11.1 Å². The van der Waals surface area contributed by atoms with Gasteiger partial charge in [0.25, 0.3) is 0 Å². The van der Waals surface area contributed by atoms with Crippen LogP contribution in [0.3, 0.4) is 0 Å². The van der Waals surface area contributed by atoms with Crippen LogP contribution in [-0.2, 0) is 10.3 Å². The standard InChI is InChI=1S/C15H21N3O2/c1-5-15(18-11-8-16-12-18)6-9-17(10-7-15)13(19)20-14(2,3)4/h1,8,11-12H,6-7,9-10H2,2-4H3. The predicted molar refractivity (Wildman–Crippen MR) is 76.1 cm³/mol. The van der Waals surface area contributed by atoms with Crippen LogP contribution in [0, 0.1) is 12.3 Å². The van der Waals surface area contributed by atoms with E-state index in [1.807, 2.05) is 31.5 Å². The number of hydrogen-bond donors (Lipinski definition) is 0. The number of likely N-dealkylation sites (tertiary alicyclic amines) is 1. The number of imidazole rings is 1. The molecule has 5 nitrogen and oxygen atoms in total. The van der Waals surface area contributed by atoms with E-state index < -0.39 is 5.60 Å². The number of carbonyl (C=O) groups is 1. The Bertz CT molecular complexity index is 500. The highest BCUT2D eigenvalue weighted by atomic mass is 16.6. The molecule has 1 aromatic rings. The number of piperidine rings is 1. The van der Waals surface area contributed by atoms with Gasteiger partial charge in [-0.2, -0.15) is 0 Å². The lowest BCUT2D eigenvalue weighted by Crippen LogP contribution is -2.48. The summed E-state index contributed by atoms with van der Waals surface area (Å²) >= 11 is 0. The molecule has 0 radical (unpaired) electrons. The van der Waals surface area contributed by atoms with Crippen molar-refractivity contribution in [3.05, 3.63) is 18.7 Å². The highest BCUT2D eigenvalue weighted by molar-refractivity contribution is 5.68. The molecule has 1 amide bonds. The fourth-order valence-electron chi connectivity index (χ4n) is 2.38. The van der Waals surface area contributed by atoms with Crippen LogP contribution in [0.15, 0.2) is 18.7 Å². The molecule has 0 bridgehead atoms. The Hall–Kier alpha value is -1.96. The molecule has 1 aliphatic rings. The fourth-order valence-corrected chi connectivity index (χ4v) is 2.38. The van der Waals surface area contributed by atoms with E-state index in [2.05, 4.69) is 10.9 Å². The Morgan fingerprint density at radius 2 is 2.05 bits per heavy atom. The van der Waals surface area contributed by atoms with Crippen LogP contribution in [0.2, 0.25) is 0 Å². The van der Waals surface area contributed by atoms with Gasteiger partial charge in [-0.1, -0.05) is 5.92 Å². The molecule has 0 saturated carbocycles. The molecule has 2 heterocycles.